The van der Waals surface area contributed by atoms with Crippen LogP contribution < -0.4 is 4.74 Å². The van der Waals surface area contributed by atoms with Crippen molar-refractivity contribution in [2.45, 2.75) is 6.92 Å². The van der Waals surface area contributed by atoms with Gasteiger partial charge in [-0.1, -0.05) is 0 Å². The van der Waals surface area contributed by atoms with E-state index < -0.39 is 0 Å². The lowest BCUT2D eigenvalue weighted by Gasteiger charge is -1.97. The Balaban J connectivity index is 2.74. The molecule has 0 N–H and O–H groups in total. The molecule has 0 aliphatic heterocycles. The van der Waals surface area contributed by atoms with Crippen molar-refractivity contribution in [2.75, 3.05) is 0 Å². The molecule has 1 aromatic heterocycles. The molecule has 0 fully saturated rings. The van der Waals surface area contributed by atoms with Gasteiger partial charge in [0.2, 0.25) is 0 Å². The molecule has 1 heterocycles. The van der Waals surface area contributed by atoms with E-state index in [1.165, 1.54) is 19.3 Å². The molecule has 0 aromatic carbocycles. The number of carbonyl (C=O) groups is 1. The molecule has 5 heteroatoms. The molecule has 0 saturated heterocycles. The highest BCUT2D eigenvalue weighted by Gasteiger charge is 1.97. The average Bonchev–Trinajstić information content (AvgIpc) is 1.93. The Hall–Kier alpha value is -0.970. The second-order valence-corrected chi connectivity index (χ2v) is 2.49. The molecule has 0 atom stereocenters. The zero-order valence-electron chi connectivity index (χ0n) is 5.74. The van der Waals surface area contributed by atoms with Crippen LogP contribution >= 0.6 is 15.9 Å². The number of halogens is 1. The minimum Gasteiger partial charge on any atom is -0.423 e. The van der Waals surface area contributed by atoms with Crippen LogP contribution in [0.2, 0.25) is 0 Å². The summed E-state index contributed by atoms with van der Waals surface area (Å²) in [4.78, 5) is 17.9. The topological polar surface area (TPSA) is 52.1 Å². The molecular formula is C6H5BrN2O2. The summed E-state index contributed by atoms with van der Waals surface area (Å²) in [5, 5.41) is 0. The number of ether oxygens (including phenoxy) is 1. The third-order valence-electron chi connectivity index (χ3n) is 0.858. The standard InChI is InChI=1S/C6H5BrN2O2/c1-4(10)11-5-2-8-6(7)9-3-5/h2-3H,1H3. The highest BCUT2D eigenvalue weighted by molar-refractivity contribution is 9.10. The smallest absolute Gasteiger partial charge is 0.308 e. The number of rotatable bonds is 1. The van der Waals surface area contributed by atoms with Crippen LogP contribution in [0.25, 0.3) is 0 Å². The third-order valence-corrected chi connectivity index (χ3v) is 1.27. The van der Waals surface area contributed by atoms with E-state index >= 15 is 0 Å². The summed E-state index contributed by atoms with van der Waals surface area (Å²) >= 11 is 3.05. The van der Waals surface area contributed by atoms with Crippen molar-refractivity contribution >= 4 is 21.9 Å². The highest BCUT2D eigenvalue weighted by Crippen LogP contribution is 2.08. The third kappa shape index (κ3) is 2.63. The number of esters is 1. The quantitative estimate of drug-likeness (QED) is 0.523. The van der Waals surface area contributed by atoms with Crippen LogP contribution in [0.5, 0.6) is 5.75 Å². The molecule has 0 aliphatic rings. The van der Waals surface area contributed by atoms with E-state index in [0.29, 0.717) is 10.5 Å². The van der Waals surface area contributed by atoms with E-state index in [1.54, 1.807) is 0 Å². The Morgan fingerprint density at radius 2 is 2.09 bits per heavy atom. The molecule has 0 saturated carbocycles. The molecule has 11 heavy (non-hydrogen) atoms. The monoisotopic (exact) mass is 216 g/mol. The largest absolute Gasteiger partial charge is 0.423 e. The van der Waals surface area contributed by atoms with Gasteiger partial charge in [-0.15, -0.1) is 0 Å². The fraction of sp³-hybridized carbons (Fsp3) is 0.167. The predicted octanol–water partition coefficient (Wildman–Crippen LogP) is 1.16. The van der Waals surface area contributed by atoms with E-state index in [9.17, 15) is 4.79 Å². The van der Waals surface area contributed by atoms with Crippen LogP contribution in [0.3, 0.4) is 0 Å². The van der Waals surface area contributed by atoms with Gasteiger partial charge in [-0.3, -0.25) is 4.79 Å². The lowest BCUT2D eigenvalue weighted by Crippen LogP contribution is -2.01. The van der Waals surface area contributed by atoms with Gasteiger partial charge in [0.25, 0.3) is 0 Å². The molecule has 58 valence electrons. The van der Waals surface area contributed by atoms with Crippen molar-refractivity contribution in [1.82, 2.24) is 9.97 Å². The fourth-order valence-corrected chi connectivity index (χ4v) is 0.724. The van der Waals surface area contributed by atoms with Gasteiger partial charge in [0.1, 0.15) is 0 Å². The van der Waals surface area contributed by atoms with E-state index in [2.05, 4.69) is 30.6 Å². The minimum absolute atomic E-state index is 0.348. The van der Waals surface area contributed by atoms with Crippen molar-refractivity contribution in [3.63, 3.8) is 0 Å². The second kappa shape index (κ2) is 3.43. The number of nitrogens with zero attached hydrogens (tertiary/aromatic N) is 2. The number of hydrogen-bond donors (Lipinski definition) is 0. The van der Waals surface area contributed by atoms with Gasteiger partial charge in [-0.05, 0) is 15.9 Å². The lowest BCUT2D eigenvalue weighted by atomic mass is 10.6. The maximum absolute atomic E-state index is 10.4. The Morgan fingerprint density at radius 1 is 1.55 bits per heavy atom. The highest BCUT2D eigenvalue weighted by atomic mass is 79.9. The van der Waals surface area contributed by atoms with Crippen LogP contribution in [0.1, 0.15) is 6.92 Å². The van der Waals surface area contributed by atoms with E-state index in [1.807, 2.05) is 0 Å². The molecule has 1 rings (SSSR count). The van der Waals surface area contributed by atoms with Gasteiger partial charge in [0.15, 0.2) is 10.5 Å². The zero-order chi connectivity index (χ0) is 8.27. The van der Waals surface area contributed by atoms with Crippen LogP contribution in [0.15, 0.2) is 17.1 Å². The summed E-state index contributed by atoms with van der Waals surface area (Å²) in [6, 6.07) is 0. The zero-order valence-corrected chi connectivity index (χ0v) is 7.33. The first-order chi connectivity index (χ1) is 5.18. The summed E-state index contributed by atoms with van der Waals surface area (Å²) in [7, 11) is 0. The van der Waals surface area contributed by atoms with Gasteiger partial charge >= 0.3 is 5.97 Å². The van der Waals surface area contributed by atoms with Gasteiger partial charge < -0.3 is 4.74 Å². The summed E-state index contributed by atoms with van der Waals surface area (Å²) in [6.07, 6.45) is 2.83. The molecule has 0 bridgehead atoms. The molecule has 4 nitrogen and oxygen atoms in total. The van der Waals surface area contributed by atoms with Crippen LogP contribution in [-0.4, -0.2) is 15.9 Å². The van der Waals surface area contributed by atoms with Gasteiger partial charge in [0, 0.05) is 6.92 Å². The van der Waals surface area contributed by atoms with Crippen molar-refractivity contribution < 1.29 is 9.53 Å². The Kier molecular flexibility index (Phi) is 2.53. The van der Waals surface area contributed by atoms with E-state index in [-0.39, 0.29) is 5.97 Å². The Labute approximate surface area is 71.7 Å². The maximum atomic E-state index is 10.4. The molecule has 0 unspecified atom stereocenters. The van der Waals surface area contributed by atoms with Crippen molar-refractivity contribution in [2.24, 2.45) is 0 Å². The average molecular weight is 217 g/mol. The minimum atomic E-state index is -0.379. The SMILES string of the molecule is CC(=O)Oc1cnc(Br)nc1. The Bertz CT molecular complexity index is 260. The molecule has 0 spiro atoms. The normalized spacial score (nSPS) is 9.27. The summed E-state index contributed by atoms with van der Waals surface area (Å²) < 4.78 is 5.15. The van der Waals surface area contributed by atoms with Crippen molar-refractivity contribution in [1.29, 1.82) is 0 Å². The maximum Gasteiger partial charge on any atom is 0.308 e. The molecule has 0 radical (unpaired) electrons. The van der Waals surface area contributed by atoms with Crippen molar-refractivity contribution in [3.8, 4) is 5.75 Å². The predicted molar refractivity (Wildman–Crippen MR) is 41.0 cm³/mol. The molecular weight excluding hydrogens is 212 g/mol. The van der Waals surface area contributed by atoms with Crippen LogP contribution in [0, 0.1) is 0 Å². The summed E-state index contributed by atoms with van der Waals surface area (Å²) in [5.74, 6) is -0.0309. The van der Waals surface area contributed by atoms with Gasteiger partial charge in [-0.2, -0.15) is 0 Å². The summed E-state index contributed by atoms with van der Waals surface area (Å²) in [5.41, 5.74) is 0. The Morgan fingerprint density at radius 3 is 2.55 bits per heavy atom. The van der Waals surface area contributed by atoms with Gasteiger partial charge in [-0.25, -0.2) is 9.97 Å². The molecule has 0 amide bonds. The number of hydrogen-bond acceptors (Lipinski definition) is 4. The number of carbonyl (C=O) groups excluding carboxylic acids is 1. The van der Waals surface area contributed by atoms with Crippen molar-refractivity contribution in [3.05, 3.63) is 17.1 Å². The lowest BCUT2D eigenvalue weighted by molar-refractivity contribution is -0.131. The van der Waals surface area contributed by atoms with E-state index in [4.69, 9.17) is 0 Å². The fourth-order valence-electron chi connectivity index (χ4n) is 0.519. The molecule has 0 aliphatic carbocycles. The summed E-state index contributed by atoms with van der Waals surface area (Å²) in [6.45, 7) is 1.32. The van der Waals surface area contributed by atoms with Gasteiger partial charge in [0.05, 0.1) is 12.4 Å². The van der Waals surface area contributed by atoms with E-state index in [0.717, 1.165) is 0 Å². The van der Waals surface area contributed by atoms with Crippen LogP contribution in [-0.2, 0) is 4.79 Å². The first kappa shape index (κ1) is 8.13. The number of aromatic nitrogens is 2. The molecule has 1 aromatic rings. The second-order valence-electron chi connectivity index (χ2n) is 1.78. The first-order valence-corrected chi connectivity index (χ1v) is 3.64. The van der Waals surface area contributed by atoms with Crippen LogP contribution in [0.4, 0.5) is 0 Å². The first-order valence-electron chi connectivity index (χ1n) is 2.84.